The van der Waals surface area contributed by atoms with Gasteiger partial charge in [-0.25, -0.2) is 0 Å². The molecule has 0 spiro atoms. The molecule has 0 saturated carbocycles. The van der Waals surface area contributed by atoms with Crippen LogP contribution in [0.5, 0.6) is 0 Å². The summed E-state index contributed by atoms with van der Waals surface area (Å²) < 4.78 is 0. The molecule has 1 nitrogen and oxygen atoms in total. The van der Waals surface area contributed by atoms with E-state index in [4.69, 9.17) is 0 Å². The molecule has 1 heteroatoms. The van der Waals surface area contributed by atoms with Gasteiger partial charge in [-0.1, -0.05) is 13.8 Å². The second-order valence-corrected chi connectivity index (χ2v) is 3.61. The molecule has 0 aromatic carbocycles. The van der Waals surface area contributed by atoms with E-state index in [0.29, 0.717) is 0 Å². The molecule has 0 aliphatic carbocycles. The fraction of sp³-hybridized carbons (Fsp3) is 1.00. The van der Waals surface area contributed by atoms with Gasteiger partial charge in [-0.2, -0.15) is 0 Å². The van der Waals surface area contributed by atoms with Crippen molar-refractivity contribution in [2.75, 3.05) is 13.1 Å². The summed E-state index contributed by atoms with van der Waals surface area (Å²) in [4.78, 5) is 2.57. The number of hydrogen-bond donors (Lipinski definition) is 0. The summed E-state index contributed by atoms with van der Waals surface area (Å²) in [5.41, 5.74) is 0. The lowest BCUT2D eigenvalue weighted by atomic mass is 9.93. The Balaban J connectivity index is 2.36. The van der Waals surface area contributed by atoms with Gasteiger partial charge in [-0.3, -0.25) is 0 Å². The highest BCUT2D eigenvalue weighted by molar-refractivity contribution is 4.75. The van der Waals surface area contributed by atoms with E-state index in [0.717, 1.165) is 12.0 Å². The third-order valence-corrected chi connectivity index (χ3v) is 2.68. The van der Waals surface area contributed by atoms with Crippen LogP contribution in [0.15, 0.2) is 0 Å². The van der Waals surface area contributed by atoms with Gasteiger partial charge in [0.1, 0.15) is 0 Å². The Labute approximate surface area is 64.4 Å². The molecule has 0 bridgehead atoms. The van der Waals surface area contributed by atoms with E-state index in [1.165, 1.54) is 25.9 Å². The summed E-state index contributed by atoms with van der Waals surface area (Å²) >= 11 is 0. The Morgan fingerprint density at radius 2 is 2.10 bits per heavy atom. The summed E-state index contributed by atoms with van der Waals surface area (Å²) in [6.07, 6.45) is 2.80. The molecule has 0 amide bonds. The van der Waals surface area contributed by atoms with Gasteiger partial charge in [0.25, 0.3) is 0 Å². The first-order valence-corrected chi connectivity index (χ1v) is 4.48. The normalized spacial score (nSPS) is 36.3. The number of hydrogen-bond acceptors (Lipinski definition) is 1. The van der Waals surface area contributed by atoms with E-state index in [2.05, 4.69) is 25.7 Å². The van der Waals surface area contributed by atoms with Crippen molar-refractivity contribution in [3.8, 4) is 0 Å². The standard InChI is InChI=1S/C9H19N/c1-4-10-6-5-8(2)7-9(10)3/h8-9H,4-7H2,1-3H3/t8?,9-/m1/s1. The lowest BCUT2D eigenvalue weighted by Crippen LogP contribution is -2.39. The first kappa shape index (κ1) is 8.06. The van der Waals surface area contributed by atoms with Crippen LogP contribution >= 0.6 is 0 Å². The van der Waals surface area contributed by atoms with E-state index >= 15 is 0 Å². The molecule has 0 N–H and O–H groups in total. The first-order chi connectivity index (χ1) is 4.74. The van der Waals surface area contributed by atoms with Gasteiger partial charge in [0.15, 0.2) is 0 Å². The molecule has 1 heterocycles. The summed E-state index contributed by atoms with van der Waals surface area (Å²) in [7, 11) is 0. The van der Waals surface area contributed by atoms with E-state index in [9.17, 15) is 0 Å². The molecule has 0 aromatic rings. The minimum absolute atomic E-state index is 0.828. The van der Waals surface area contributed by atoms with Crippen LogP contribution in [0.2, 0.25) is 0 Å². The van der Waals surface area contributed by atoms with Crippen molar-refractivity contribution >= 4 is 0 Å². The molecular formula is C9H19N. The zero-order chi connectivity index (χ0) is 7.56. The second-order valence-electron chi connectivity index (χ2n) is 3.61. The minimum Gasteiger partial charge on any atom is -0.301 e. The number of nitrogens with zero attached hydrogens (tertiary/aromatic N) is 1. The average molecular weight is 141 g/mol. The third kappa shape index (κ3) is 1.72. The van der Waals surface area contributed by atoms with E-state index in [-0.39, 0.29) is 0 Å². The summed E-state index contributed by atoms with van der Waals surface area (Å²) in [6, 6.07) is 0.828. The number of rotatable bonds is 1. The topological polar surface area (TPSA) is 3.24 Å². The summed E-state index contributed by atoms with van der Waals surface area (Å²) in [5.74, 6) is 0.956. The summed E-state index contributed by atoms with van der Waals surface area (Å²) in [5, 5.41) is 0. The van der Waals surface area contributed by atoms with Crippen LogP contribution in [-0.4, -0.2) is 24.0 Å². The monoisotopic (exact) mass is 141 g/mol. The fourth-order valence-electron chi connectivity index (χ4n) is 1.93. The SMILES string of the molecule is CCN1CCC(C)C[C@H]1C. The van der Waals surface area contributed by atoms with Gasteiger partial charge in [0.05, 0.1) is 0 Å². The van der Waals surface area contributed by atoms with Gasteiger partial charge in [0.2, 0.25) is 0 Å². The second kappa shape index (κ2) is 3.38. The minimum atomic E-state index is 0.828. The zero-order valence-electron chi connectivity index (χ0n) is 7.43. The molecule has 1 rings (SSSR count). The van der Waals surface area contributed by atoms with Crippen molar-refractivity contribution in [1.29, 1.82) is 0 Å². The van der Waals surface area contributed by atoms with Crippen molar-refractivity contribution in [3.05, 3.63) is 0 Å². The van der Waals surface area contributed by atoms with Crippen LogP contribution in [-0.2, 0) is 0 Å². The van der Waals surface area contributed by atoms with Crippen LogP contribution < -0.4 is 0 Å². The van der Waals surface area contributed by atoms with E-state index < -0.39 is 0 Å². The van der Waals surface area contributed by atoms with Gasteiger partial charge in [-0.15, -0.1) is 0 Å². The fourth-order valence-corrected chi connectivity index (χ4v) is 1.93. The molecule has 2 atom stereocenters. The van der Waals surface area contributed by atoms with Crippen molar-refractivity contribution in [1.82, 2.24) is 4.90 Å². The molecule has 1 aliphatic heterocycles. The highest BCUT2D eigenvalue weighted by atomic mass is 15.1. The maximum atomic E-state index is 2.57. The highest BCUT2D eigenvalue weighted by Gasteiger charge is 2.20. The molecular weight excluding hydrogens is 122 g/mol. The average Bonchev–Trinajstić information content (AvgIpc) is 1.88. The van der Waals surface area contributed by atoms with Gasteiger partial charge in [0, 0.05) is 6.04 Å². The number of piperidine rings is 1. The molecule has 0 aromatic heterocycles. The Morgan fingerprint density at radius 3 is 2.60 bits per heavy atom. The van der Waals surface area contributed by atoms with Crippen LogP contribution in [0.1, 0.15) is 33.6 Å². The first-order valence-electron chi connectivity index (χ1n) is 4.48. The van der Waals surface area contributed by atoms with Crippen molar-refractivity contribution in [3.63, 3.8) is 0 Å². The van der Waals surface area contributed by atoms with Crippen LogP contribution in [0, 0.1) is 5.92 Å². The van der Waals surface area contributed by atoms with Gasteiger partial charge < -0.3 is 4.90 Å². The molecule has 1 aliphatic rings. The van der Waals surface area contributed by atoms with Crippen molar-refractivity contribution < 1.29 is 0 Å². The quantitative estimate of drug-likeness (QED) is 0.540. The smallest absolute Gasteiger partial charge is 0.00693 e. The molecule has 0 radical (unpaired) electrons. The van der Waals surface area contributed by atoms with Crippen LogP contribution in [0.25, 0.3) is 0 Å². The van der Waals surface area contributed by atoms with Crippen molar-refractivity contribution in [2.24, 2.45) is 5.92 Å². The van der Waals surface area contributed by atoms with E-state index in [1.54, 1.807) is 0 Å². The Kier molecular flexibility index (Phi) is 2.72. The lowest BCUT2D eigenvalue weighted by Gasteiger charge is -2.35. The largest absolute Gasteiger partial charge is 0.301 e. The molecule has 1 unspecified atom stereocenters. The molecule has 1 saturated heterocycles. The van der Waals surface area contributed by atoms with Gasteiger partial charge in [-0.05, 0) is 38.8 Å². The molecule has 1 fully saturated rings. The highest BCUT2D eigenvalue weighted by Crippen LogP contribution is 2.21. The maximum Gasteiger partial charge on any atom is 0.00693 e. The lowest BCUT2D eigenvalue weighted by molar-refractivity contribution is 0.136. The predicted octanol–water partition coefficient (Wildman–Crippen LogP) is 2.13. The van der Waals surface area contributed by atoms with Crippen LogP contribution in [0.4, 0.5) is 0 Å². The van der Waals surface area contributed by atoms with Crippen LogP contribution in [0.3, 0.4) is 0 Å². The molecule has 60 valence electrons. The van der Waals surface area contributed by atoms with E-state index in [1.807, 2.05) is 0 Å². The molecule has 10 heavy (non-hydrogen) atoms. The summed E-state index contributed by atoms with van der Waals surface area (Å²) in [6.45, 7) is 9.52. The zero-order valence-corrected chi connectivity index (χ0v) is 7.43. The van der Waals surface area contributed by atoms with Crippen molar-refractivity contribution in [2.45, 2.75) is 39.7 Å². The Morgan fingerprint density at radius 1 is 1.40 bits per heavy atom. The predicted molar refractivity (Wildman–Crippen MR) is 45.1 cm³/mol. The number of likely N-dealkylation sites (tertiary alicyclic amines) is 1. The third-order valence-electron chi connectivity index (χ3n) is 2.68. The Bertz CT molecular complexity index is 101. The van der Waals surface area contributed by atoms with Gasteiger partial charge >= 0.3 is 0 Å². The Hall–Kier alpha value is -0.0400. The maximum absolute atomic E-state index is 2.57.